The smallest absolute Gasteiger partial charge is 0.327 e. The molecule has 0 amide bonds. The first-order valence-corrected chi connectivity index (χ1v) is 8.17. The molecule has 1 aromatic heterocycles. The number of carbonyl (C=O) groups is 1. The molecular weight excluding hydrogens is 322 g/mol. The number of thiophene rings is 1. The van der Waals surface area contributed by atoms with Gasteiger partial charge in [0.2, 0.25) is 0 Å². The van der Waals surface area contributed by atoms with Crippen LogP contribution in [0.1, 0.15) is 22.6 Å². The van der Waals surface area contributed by atoms with Crippen molar-refractivity contribution in [3.8, 4) is 0 Å². The number of hydrogen-bond acceptors (Lipinski definition) is 5. The average molecular weight is 338 g/mol. The van der Waals surface area contributed by atoms with Crippen molar-refractivity contribution in [2.75, 3.05) is 20.4 Å². The second-order valence-corrected chi connectivity index (χ2v) is 6.40. The predicted octanol–water partition coefficient (Wildman–Crippen LogP) is 3.65. The Labute approximate surface area is 138 Å². The molecule has 0 aliphatic carbocycles. The molecule has 6 heteroatoms. The number of rotatable bonds is 4. The minimum atomic E-state index is -0.552. The summed E-state index contributed by atoms with van der Waals surface area (Å²) in [6, 6.07) is 10.8. The van der Waals surface area contributed by atoms with E-state index < -0.39 is 6.04 Å². The Kier molecular flexibility index (Phi) is 4.78. The maximum absolute atomic E-state index is 12.3. The summed E-state index contributed by atoms with van der Waals surface area (Å²) in [5.41, 5.74) is 0.742. The van der Waals surface area contributed by atoms with Crippen LogP contribution in [-0.4, -0.2) is 31.3 Å². The highest BCUT2D eigenvalue weighted by Gasteiger charge is 2.36. The van der Waals surface area contributed by atoms with Gasteiger partial charge in [-0.3, -0.25) is 4.90 Å². The number of ether oxygens (including phenoxy) is 2. The molecule has 1 aliphatic heterocycles. The van der Waals surface area contributed by atoms with E-state index in [0.29, 0.717) is 18.3 Å². The van der Waals surface area contributed by atoms with Crippen molar-refractivity contribution in [3.05, 3.63) is 57.2 Å². The molecule has 2 unspecified atom stereocenters. The van der Waals surface area contributed by atoms with E-state index >= 15 is 0 Å². The Balaban J connectivity index is 1.85. The largest absolute Gasteiger partial charge is 0.468 e. The number of nitrogens with zero attached hydrogens (tertiary/aromatic N) is 1. The summed E-state index contributed by atoms with van der Waals surface area (Å²) in [7, 11) is 1.39. The molecule has 2 heterocycles. The number of halogens is 1. The van der Waals surface area contributed by atoms with Gasteiger partial charge in [0.25, 0.3) is 0 Å². The Morgan fingerprint density at radius 2 is 2.23 bits per heavy atom. The third kappa shape index (κ3) is 3.03. The van der Waals surface area contributed by atoms with E-state index in [1.165, 1.54) is 7.11 Å². The van der Waals surface area contributed by atoms with E-state index in [1.807, 2.05) is 40.6 Å². The van der Waals surface area contributed by atoms with Crippen molar-refractivity contribution in [1.29, 1.82) is 0 Å². The first-order valence-electron chi connectivity index (χ1n) is 6.92. The molecule has 116 valence electrons. The van der Waals surface area contributed by atoms with Gasteiger partial charge in [0.1, 0.15) is 18.9 Å². The highest BCUT2D eigenvalue weighted by molar-refractivity contribution is 7.10. The van der Waals surface area contributed by atoms with Gasteiger partial charge in [0, 0.05) is 16.4 Å². The van der Waals surface area contributed by atoms with E-state index in [2.05, 4.69) is 0 Å². The molecule has 22 heavy (non-hydrogen) atoms. The molecule has 0 N–H and O–H groups in total. The van der Waals surface area contributed by atoms with Gasteiger partial charge in [-0.05, 0) is 23.1 Å². The average Bonchev–Trinajstić information content (AvgIpc) is 3.20. The first-order chi connectivity index (χ1) is 10.7. The van der Waals surface area contributed by atoms with Crippen LogP contribution in [0.15, 0.2) is 41.8 Å². The number of methoxy groups -OCH3 is 1. The third-order valence-corrected chi connectivity index (χ3v) is 5.00. The van der Waals surface area contributed by atoms with Gasteiger partial charge in [-0.15, -0.1) is 11.3 Å². The SMILES string of the molecule is COC(=O)C(c1ccccc1Cl)N1COC(c2cccs2)C1. The van der Waals surface area contributed by atoms with Gasteiger partial charge < -0.3 is 9.47 Å². The fraction of sp³-hybridized carbons (Fsp3) is 0.312. The number of benzene rings is 1. The zero-order valence-electron chi connectivity index (χ0n) is 12.1. The monoisotopic (exact) mass is 337 g/mol. The summed E-state index contributed by atoms with van der Waals surface area (Å²) in [5, 5.41) is 2.57. The molecule has 3 rings (SSSR count). The summed E-state index contributed by atoms with van der Waals surface area (Å²) in [6.07, 6.45) is -0.0188. The molecule has 1 fully saturated rings. The van der Waals surface area contributed by atoms with Crippen molar-refractivity contribution in [3.63, 3.8) is 0 Å². The zero-order valence-corrected chi connectivity index (χ0v) is 13.6. The van der Waals surface area contributed by atoms with Crippen LogP contribution in [-0.2, 0) is 14.3 Å². The lowest BCUT2D eigenvalue weighted by Crippen LogP contribution is -2.33. The van der Waals surface area contributed by atoms with Gasteiger partial charge in [0.05, 0.1) is 7.11 Å². The maximum atomic E-state index is 12.3. The Bertz CT molecular complexity index is 647. The molecule has 2 atom stereocenters. The van der Waals surface area contributed by atoms with Crippen LogP contribution in [0.4, 0.5) is 0 Å². The number of hydrogen-bond donors (Lipinski definition) is 0. The van der Waals surface area contributed by atoms with Crippen molar-refractivity contribution in [1.82, 2.24) is 4.90 Å². The second kappa shape index (κ2) is 6.79. The van der Waals surface area contributed by atoms with Crippen LogP contribution in [0, 0.1) is 0 Å². The lowest BCUT2D eigenvalue weighted by atomic mass is 10.1. The molecule has 1 saturated heterocycles. The first kappa shape index (κ1) is 15.5. The lowest BCUT2D eigenvalue weighted by Gasteiger charge is -2.25. The maximum Gasteiger partial charge on any atom is 0.327 e. The van der Waals surface area contributed by atoms with Gasteiger partial charge in [-0.1, -0.05) is 35.9 Å². The summed E-state index contributed by atoms with van der Waals surface area (Å²) >= 11 is 7.91. The fourth-order valence-corrected chi connectivity index (χ4v) is 3.62. The Morgan fingerprint density at radius 1 is 1.41 bits per heavy atom. The van der Waals surface area contributed by atoms with Crippen molar-refractivity contribution in [2.24, 2.45) is 0 Å². The highest BCUT2D eigenvalue weighted by atomic mass is 35.5. The normalized spacial score (nSPS) is 20.0. The molecule has 0 spiro atoms. The standard InChI is InChI=1S/C16H16ClNO3S/c1-20-16(19)15(11-5-2-3-6-12(11)17)18-9-13(21-10-18)14-7-4-8-22-14/h2-8,13,15H,9-10H2,1H3. The van der Waals surface area contributed by atoms with Crippen LogP contribution in [0.3, 0.4) is 0 Å². The van der Waals surface area contributed by atoms with E-state index in [1.54, 1.807) is 17.4 Å². The second-order valence-electron chi connectivity index (χ2n) is 5.02. The van der Waals surface area contributed by atoms with E-state index in [9.17, 15) is 4.79 Å². The number of carbonyl (C=O) groups excluding carboxylic acids is 1. The fourth-order valence-electron chi connectivity index (χ4n) is 2.61. The zero-order chi connectivity index (χ0) is 15.5. The van der Waals surface area contributed by atoms with Crippen LogP contribution < -0.4 is 0 Å². The molecule has 1 aliphatic rings. The molecule has 4 nitrogen and oxygen atoms in total. The summed E-state index contributed by atoms with van der Waals surface area (Å²) < 4.78 is 10.8. The summed E-state index contributed by atoms with van der Waals surface area (Å²) in [4.78, 5) is 15.4. The molecule has 0 saturated carbocycles. The van der Waals surface area contributed by atoms with E-state index in [0.717, 1.165) is 10.4 Å². The lowest BCUT2D eigenvalue weighted by molar-refractivity contribution is -0.147. The van der Waals surface area contributed by atoms with Crippen LogP contribution in [0.25, 0.3) is 0 Å². The van der Waals surface area contributed by atoms with Gasteiger partial charge >= 0.3 is 5.97 Å². The highest BCUT2D eigenvalue weighted by Crippen LogP contribution is 2.35. The van der Waals surface area contributed by atoms with Gasteiger partial charge in [0.15, 0.2) is 0 Å². The molecule has 0 radical (unpaired) electrons. The van der Waals surface area contributed by atoms with Crippen LogP contribution in [0.5, 0.6) is 0 Å². The van der Waals surface area contributed by atoms with Crippen molar-refractivity contribution in [2.45, 2.75) is 12.1 Å². The Morgan fingerprint density at radius 3 is 2.91 bits per heavy atom. The third-order valence-electron chi connectivity index (χ3n) is 3.69. The quantitative estimate of drug-likeness (QED) is 0.798. The topological polar surface area (TPSA) is 38.8 Å². The van der Waals surface area contributed by atoms with E-state index in [-0.39, 0.29) is 12.1 Å². The van der Waals surface area contributed by atoms with Crippen LogP contribution in [0.2, 0.25) is 5.02 Å². The van der Waals surface area contributed by atoms with E-state index in [4.69, 9.17) is 21.1 Å². The Hall–Kier alpha value is -1.40. The number of esters is 1. The van der Waals surface area contributed by atoms with Gasteiger partial charge in [-0.25, -0.2) is 4.79 Å². The summed E-state index contributed by atoms with van der Waals surface area (Å²) in [5.74, 6) is -0.330. The molecule has 0 bridgehead atoms. The predicted molar refractivity (Wildman–Crippen MR) is 85.9 cm³/mol. The molecular formula is C16H16ClNO3S. The van der Waals surface area contributed by atoms with Crippen LogP contribution >= 0.6 is 22.9 Å². The minimum Gasteiger partial charge on any atom is -0.468 e. The minimum absolute atomic E-state index is 0.0188. The molecule has 2 aromatic rings. The molecule has 1 aromatic carbocycles. The van der Waals surface area contributed by atoms with Gasteiger partial charge in [-0.2, -0.15) is 0 Å². The van der Waals surface area contributed by atoms with Crippen molar-refractivity contribution < 1.29 is 14.3 Å². The summed E-state index contributed by atoms with van der Waals surface area (Å²) in [6.45, 7) is 0.999. The van der Waals surface area contributed by atoms with Crippen molar-refractivity contribution >= 4 is 28.9 Å².